The first-order valence-corrected chi connectivity index (χ1v) is 10.3. The summed E-state index contributed by atoms with van der Waals surface area (Å²) in [6, 6.07) is 12.8. The third kappa shape index (κ3) is 3.34. The average molecular weight is 395 g/mol. The first kappa shape index (κ1) is 17.5. The van der Waals surface area contributed by atoms with E-state index in [4.69, 9.17) is 14.4 Å². The molecule has 0 aliphatic heterocycles. The third-order valence-corrected chi connectivity index (χ3v) is 5.74. The van der Waals surface area contributed by atoms with Crippen molar-refractivity contribution < 1.29 is 4.18 Å². The lowest BCUT2D eigenvalue weighted by Crippen LogP contribution is -2.18. The molecule has 1 fully saturated rings. The molecule has 5 rings (SSSR count). The van der Waals surface area contributed by atoms with Gasteiger partial charge in [0, 0.05) is 41.0 Å². The molecule has 4 aromatic rings. The number of anilines is 1. The summed E-state index contributed by atoms with van der Waals surface area (Å²) in [5, 5.41) is 15.0. The van der Waals surface area contributed by atoms with Gasteiger partial charge in [-0.05, 0) is 49.4 Å². The first-order valence-electron chi connectivity index (χ1n) is 9.47. The van der Waals surface area contributed by atoms with E-state index in [0.717, 1.165) is 59.7 Å². The highest BCUT2D eigenvalue weighted by Gasteiger charge is 2.25. The third-order valence-electron chi connectivity index (χ3n) is 5.47. The van der Waals surface area contributed by atoms with Crippen LogP contribution in [0.2, 0.25) is 0 Å². The van der Waals surface area contributed by atoms with Crippen molar-refractivity contribution in [2.75, 3.05) is 11.9 Å². The van der Waals surface area contributed by atoms with Gasteiger partial charge in [-0.2, -0.15) is 9.61 Å². The van der Waals surface area contributed by atoms with Gasteiger partial charge in [0.2, 0.25) is 0 Å². The van der Waals surface area contributed by atoms with Crippen molar-refractivity contribution in [1.29, 1.82) is 0 Å². The quantitative estimate of drug-likeness (QED) is 0.338. The average Bonchev–Trinajstić information content (AvgIpc) is 3.45. The molecule has 1 saturated carbocycles. The van der Waals surface area contributed by atoms with E-state index in [0.29, 0.717) is 18.6 Å². The summed E-state index contributed by atoms with van der Waals surface area (Å²) in [5.41, 5.74) is 3.97. The van der Waals surface area contributed by atoms with Gasteiger partial charge in [0.1, 0.15) is 5.82 Å². The molecule has 4 N–H and O–H groups in total. The van der Waals surface area contributed by atoms with Gasteiger partial charge < -0.3 is 14.5 Å². The van der Waals surface area contributed by atoms with Gasteiger partial charge in [-0.1, -0.05) is 6.07 Å². The van der Waals surface area contributed by atoms with E-state index in [2.05, 4.69) is 39.6 Å². The van der Waals surface area contributed by atoms with Gasteiger partial charge in [-0.3, -0.25) is 5.14 Å². The van der Waals surface area contributed by atoms with Crippen LogP contribution in [-0.2, 0) is 4.18 Å². The number of fused-ring (bicyclic) bond motifs is 2. The van der Waals surface area contributed by atoms with E-state index >= 15 is 0 Å². The summed E-state index contributed by atoms with van der Waals surface area (Å²) in [4.78, 5) is 7.71. The predicted octanol–water partition coefficient (Wildman–Crippen LogP) is 4.00. The second-order valence-electron chi connectivity index (χ2n) is 7.31. The standard InChI is InChI=1S/C20H22N6OS/c21-28-27-12-13-1-3-16(9-13)24-19-6-8-23-20-11-18(25-26(19)20)14-2-4-17-15(10-14)5-7-22-17/h2,4-8,10-11,13,16,22,24H,1,3,9,12,21H2. The summed E-state index contributed by atoms with van der Waals surface area (Å²) in [7, 11) is 0. The van der Waals surface area contributed by atoms with Gasteiger partial charge in [0.05, 0.1) is 24.5 Å². The number of benzene rings is 1. The molecule has 1 aromatic carbocycles. The minimum absolute atomic E-state index is 0.408. The number of H-pyrrole nitrogens is 1. The highest BCUT2D eigenvalue weighted by molar-refractivity contribution is 7.92. The minimum atomic E-state index is 0.408. The molecule has 2 atom stereocenters. The number of aromatic amines is 1. The number of rotatable bonds is 6. The smallest absolute Gasteiger partial charge is 0.157 e. The van der Waals surface area contributed by atoms with Crippen molar-refractivity contribution in [3.8, 4) is 11.3 Å². The van der Waals surface area contributed by atoms with Gasteiger partial charge >= 0.3 is 0 Å². The topological polar surface area (TPSA) is 93.3 Å². The fraction of sp³-hybridized carbons (Fsp3) is 0.300. The lowest BCUT2D eigenvalue weighted by atomic mass is 10.1. The van der Waals surface area contributed by atoms with Crippen LogP contribution in [0.3, 0.4) is 0 Å². The molecular weight excluding hydrogens is 372 g/mol. The Hall–Kier alpha value is -2.55. The fourth-order valence-corrected chi connectivity index (χ4v) is 4.33. The van der Waals surface area contributed by atoms with E-state index in [9.17, 15) is 0 Å². The van der Waals surface area contributed by atoms with Crippen LogP contribution in [0.15, 0.2) is 48.8 Å². The Morgan fingerprint density at radius 2 is 2.21 bits per heavy atom. The van der Waals surface area contributed by atoms with Crippen LogP contribution in [-0.4, -0.2) is 32.2 Å². The summed E-state index contributed by atoms with van der Waals surface area (Å²) >= 11 is 0.953. The molecule has 7 nitrogen and oxygen atoms in total. The highest BCUT2D eigenvalue weighted by Crippen LogP contribution is 2.30. The Morgan fingerprint density at radius 3 is 3.14 bits per heavy atom. The van der Waals surface area contributed by atoms with Gasteiger partial charge in [-0.25, -0.2) is 4.98 Å². The van der Waals surface area contributed by atoms with Crippen LogP contribution < -0.4 is 10.5 Å². The lowest BCUT2D eigenvalue weighted by Gasteiger charge is -2.15. The Kier molecular flexibility index (Phi) is 4.67. The maximum absolute atomic E-state index is 5.36. The molecule has 0 spiro atoms. The predicted molar refractivity (Wildman–Crippen MR) is 113 cm³/mol. The molecule has 0 saturated heterocycles. The molecule has 0 bridgehead atoms. The highest BCUT2D eigenvalue weighted by atomic mass is 32.2. The zero-order chi connectivity index (χ0) is 18.9. The van der Waals surface area contributed by atoms with Crippen LogP contribution >= 0.6 is 12.2 Å². The fourth-order valence-electron chi connectivity index (χ4n) is 4.06. The Bertz CT molecular complexity index is 1110. The van der Waals surface area contributed by atoms with Crippen LogP contribution in [0.5, 0.6) is 0 Å². The van der Waals surface area contributed by atoms with Gasteiger partial charge in [0.15, 0.2) is 5.65 Å². The van der Waals surface area contributed by atoms with Crippen molar-refractivity contribution in [3.05, 3.63) is 48.8 Å². The van der Waals surface area contributed by atoms with Crippen LogP contribution in [0, 0.1) is 5.92 Å². The lowest BCUT2D eigenvalue weighted by molar-refractivity contribution is 0.290. The number of hydrogen-bond acceptors (Lipinski definition) is 6. The summed E-state index contributed by atoms with van der Waals surface area (Å²) < 4.78 is 7.20. The summed E-state index contributed by atoms with van der Waals surface area (Å²) in [6.45, 7) is 0.707. The molecule has 28 heavy (non-hydrogen) atoms. The Morgan fingerprint density at radius 1 is 1.25 bits per heavy atom. The van der Waals surface area contributed by atoms with Crippen molar-refractivity contribution >= 4 is 34.6 Å². The monoisotopic (exact) mass is 394 g/mol. The first-order chi connectivity index (χ1) is 13.8. The maximum Gasteiger partial charge on any atom is 0.157 e. The zero-order valence-corrected chi connectivity index (χ0v) is 16.2. The van der Waals surface area contributed by atoms with Crippen molar-refractivity contribution in [2.24, 2.45) is 11.1 Å². The molecule has 144 valence electrons. The molecule has 1 aliphatic carbocycles. The SMILES string of the molecule is NSOCC1CCC(Nc2ccnc3cc(-c4ccc5[nH]ccc5c4)nn23)C1. The summed E-state index contributed by atoms with van der Waals surface area (Å²) in [5.74, 6) is 1.52. The van der Waals surface area contributed by atoms with E-state index in [1.807, 2.05) is 29.0 Å². The molecule has 2 unspecified atom stereocenters. The summed E-state index contributed by atoms with van der Waals surface area (Å²) in [6.07, 6.45) is 7.12. The molecule has 0 amide bonds. The second kappa shape index (κ2) is 7.46. The molecule has 8 heteroatoms. The Labute approximate surface area is 167 Å². The second-order valence-corrected chi connectivity index (χ2v) is 7.74. The number of nitrogens with zero attached hydrogens (tertiary/aromatic N) is 3. The number of nitrogens with one attached hydrogen (secondary N) is 2. The van der Waals surface area contributed by atoms with Crippen LogP contribution in [0.4, 0.5) is 5.82 Å². The van der Waals surface area contributed by atoms with Crippen molar-refractivity contribution in [2.45, 2.75) is 25.3 Å². The van der Waals surface area contributed by atoms with E-state index in [1.54, 1.807) is 0 Å². The van der Waals surface area contributed by atoms with Crippen molar-refractivity contribution in [1.82, 2.24) is 19.6 Å². The van der Waals surface area contributed by atoms with E-state index in [-0.39, 0.29) is 0 Å². The van der Waals surface area contributed by atoms with Crippen molar-refractivity contribution in [3.63, 3.8) is 0 Å². The molecular formula is C20H22N6OS. The number of hydrogen-bond donors (Lipinski definition) is 3. The van der Waals surface area contributed by atoms with Gasteiger partial charge in [0.25, 0.3) is 0 Å². The molecule has 3 heterocycles. The Balaban J connectivity index is 1.40. The maximum atomic E-state index is 5.36. The molecule has 1 aliphatic rings. The van der Waals surface area contributed by atoms with E-state index < -0.39 is 0 Å². The van der Waals surface area contributed by atoms with Gasteiger partial charge in [-0.15, -0.1) is 0 Å². The molecule has 3 aromatic heterocycles. The van der Waals surface area contributed by atoms with Crippen LogP contribution in [0.25, 0.3) is 27.8 Å². The van der Waals surface area contributed by atoms with Crippen LogP contribution in [0.1, 0.15) is 19.3 Å². The largest absolute Gasteiger partial charge is 0.367 e. The van der Waals surface area contributed by atoms with E-state index in [1.165, 1.54) is 5.39 Å². The zero-order valence-electron chi connectivity index (χ0n) is 15.3. The normalized spacial score (nSPS) is 19.6. The number of nitrogens with two attached hydrogens (primary N) is 1. The molecule has 0 radical (unpaired) electrons. The number of aromatic nitrogens is 4. The minimum Gasteiger partial charge on any atom is -0.367 e.